The lowest BCUT2D eigenvalue weighted by Gasteiger charge is -2.28. The van der Waals surface area contributed by atoms with Crippen molar-refractivity contribution in [1.82, 2.24) is 4.90 Å². The molecular formula is C27H26N2O4. The van der Waals surface area contributed by atoms with Gasteiger partial charge in [-0.3, -0.25) is 14.4 Å². The lowest BCUT2D eigenvalue weighted by molar-refractivity contribution is -0.122. The van der Waals surface area contributed by atoms with E-state index in [-0.39, 0.29) is 24.8 Å². The second-order valence-electron chi connectivity index (χ2n) is 8.00. The first-order chi connectivity index (χ1) is 16.0. The maximum atomic E-state index is 13.5. The molecule has 1 aliphatic heterocycles. The third-order valence-electron chi connectivity index (χ3n) is 5.66. The van der Waals surface area contributed by atoms with Crippen LogP contribution in [0.2, 0.25) is 0 Å². The van der Waals surface area contributed by atoms with Crippen LogP contribution in [-0.4, -0.2) is 35.3 Å². The van der Waals surface area contributed by atoms with Crippen molar-refractivity contribution >= 4 is 23.4 Å². The molecule has 1 saturated heterocycles. The standard InChI is InChI=1S/C27H26N2O4/c1-3-33-23-15-13-22(14-16-23)29-25(30)17-24(27(29)32)28(18-20-7-5-4-6-8-20)26(31)21-11-9-19(2)10-12-21/h4-16,24H,3,17-18H2,1-2H3. The van der Waals surface area contributed by atoms with Gasteiger partial charge in [-0.25, -0.2) is 4.90 Å². The van der Waals surface area contributed by atoms with Crippen LogP contribution in [0.1, 0.15) is 34.8 Å². The smallest absolute Gasteiger partial charge is 0.257 e. The SMILES string of the molecule is CCOc1ccc(N2C(=O)CC(N(Cc3ccccc3)C(=O)c3ccc(C)cc3)C2=O)cc1. The zero-order chi connectivity index (χ0) is 23.4. The Hall–Kier alpha value is -3.93. The molecule has 1 aliphatic rings. The topological polar surface area (TPSA) is 66.9 Å². The van der Waals surface area contributed by atoms with E-state index in [0.717, 1.165) is 11.1 Å². The van der Waals surface area contributed by atoms with Crippen molar-refractivity contribution in [1.29, 1.82) is 0 Å². The molecule has 3 aromatic carbocycles. The highest BCUT2D eigenvalue weighted by atomic mass is 16.5. The van der Waals surface area contributed by atoms with Crippen LogP contribution in [-0.2, 0) is 16.1 Å². The zero-order valence-corrected chi connectivity index (χ0v) is 18.7. The number of amides is 3. The van der Waals surface area contributed by atoms with E-state index in [1.54, 1.807) is 36.4 Å². The van der Waals surface area contributed by atoms with Gasteiger partial charge in [-0.1, -0.05) is 48.0 Å². The van der Waals surface area contributed by atoms with Crippen molar-refractivity contribution in [3.05, 3.63) is 95.6 Å². The van der Waals surface area contributed by atoms with Crippen molar-refractivity contribution in [2.75, 3.05) is 11.5 Å². The first kappa shape index (κ1) is 22.3. The van der Waals surface area contributed by atoms with Gasteiger partial charge in [0.25, 0.3) is 11.8 Å². The number of nitrogens with zero attached hydrogens (tertiary/aromatic N) is 2. The quantitative estimate of drug-likeness (QED) is 0.510. The second kappa shape index (κ2) is 9.69. The summed E-state index contributed by atoms with van der Waals surface area (Å²) >= 11 is 0. The number of aryl methyl sites for hydroxylation is 1. The normalized spacial score (nSPS) is 15.6. The summed E-state index contributed by atoms with van der Waals surface area (Å²) < 4.78 is 5.45. The molecule has 0 aromatic heterocycles. The molecule has 0 N–H and O–H groups in total. The summed E-state index contributed by atoms with van der Waals surface area (Å²) in [5.41, 5.74) is 2.88. The summed E-state index contributed by atoms with van der Waals surface area (Å²) in [5, 5.41) is 0. The fraction of sp³-hybridized carbons (Fsp3) is 0.222. The maximum Gasteiger partial charge on any atom is 0.257 e. The average Bonchev–Trinajstić information content (AvgIpc) is 3.12. The van der Waals surface area contributed by atoms with Crippen LogP contribution < -0.4 is 9.64 Å². The minimum Gasteiger partial charge on any atom is -0.494 e. The Labute approximate surface area is 193 Å². The summed E-state index contributed by atoms with van der Waals surface area (Å²) in [6.45, 7) is 4.59. The van der Waals surface area contributed by atoms with Crippen molar-refractivity contribution < 1.29 is 19.1 Å². The fourth-order valence-corrected chi connectivity index (χ4v) is 3.95. The number of hydrogen-bond acceptors (Lipinski definition) is 4. The molecule has 3 amide bonds. The Morgan fingerprint density at radius 2 is 1.64 bits per heavy atom. The van der Waals surface area contributed by atoms with Gasteiger partial charge in [0.2, 0.25) is 5.91 Å². The predicted molar refractivity (Wildman–Crippen MR) is 126 cm³/mol. The van der Waals surface area contributed by atoms with Crippen molar-refractivity contribution in [3.63, 3.8) is 0 Å². The molecule has 6 heteroatoms. The molecule has 1 fully saturated rings. The van der Waals surface area contributed by atoms with Crippen LogP contribution in [0.4, 0.5) is 5.69 Å². The Bertz CT molecular complexity index is 1140. The third kappa shape index (κ3) is 4.80. The highest BCUT2D eigenvalue weighted by Gasteiger charge is 2.44. The molecular weight excluding hydrogens is 416 g/mol. The molecule has 4 rings (SSSR count). The molecule has 0 bridgehead atoms. The van der Waals surface area contributed by atoms with E-state index in [1.807, 2.05) is 56.3 Å². The zero-order valence-electron chi connectivity index (χ0n) is 18.7. The molecule has 1 atom stereocenters. The first-order valence-electron chi connectivity index (χ1n) is 11.0. The van der Waals surface area contributed by atoms with E-state index >= 15 is 0 Å². The van der Waals surface area contributed by atoms with Gasteiger partial charge in [-0.15, -0.1) is 0 Å². The predicted octanol–water partition coefficient (Wildman–Crippen LogP) is 4.37. The Kier molecular flexibility index (Phi) is 6.54. The molecule has 1 unspecified atom stereocenters. The number of ether oxygens (including phenoxy) is 1. The molecule has 0 radical (unpaired) electrons. The third-order valence-corrected chi connectivity index (χ3v) is 5.66. The van der Waals surface area contributed by atoms with Gasteiger partial charge in [0.15, 0.2) is 0 Å². The summed E-state index contributed by atoms with van der Waals surface area (Å²) in [6, 6.07) is 22.7. The van der Waals surface area contributed by atoms with Crippen LogP contribution in [0.5, 0.6) is 5.75 Å². The van der Waals surface area contributed by atoms with Gasteiger partial charge in [0, 0.05) is 12.1 Å². The van der Waals surface area contributed by atoms with Crippen LogP contribution >= 0.6 is 0 Å². The van der Waals surface area contributed by atoms with E-state index in [4.69, 9.17) is 4.74 Å². The van der Waals surface area contributed by atoms with Gasteiger partial charge in [-0.2, -0.15) is 0 Å². The molecule has 0 spiro atoms. The van der Waals surface area contributed by atoms with Crippen LogP contribution in [0, 0.1) is 6.92 Å². The van der Waals surface area contributed by atoms with Crippen molar-refractivity contribution in [2.45, 2.75) is 32.9 Å². The van der Waals surface area contributed by atoms with Crippen LogP contribution in [0.3, 0.4) is 0 Å². The lowest BCUT2D eigenvalue weighted by atomic mass is 10.1. The minimum absolute atomic E-state index is 0.0590. The molecule has 6 nitrogen and oxygen atoms in total. The summed E-state index contributed by atoms with van der Waals surface area (Å²) in [4.78, 5) is 42.5. The van der Waals surface area contributed by atoms with Crippen LogP contribution in [0.15, 0.2) is 78.9 Å². The Balaban J connectivity index is 1.64. The van der Waals surface area contributed by atoms with Gasteiger partial charge in [-0.05, 0) is 55.8 Å². The molecule has 0 saturated carbocycles. The maximum absolute atomic E-state index is 13.5. The number of benzene rings is 3. The summed E-state index contributed by atoms with van der Waals surface area (Å²) in [6.07, 6.45) is -0.0590. The molecule has 0 aliphatic carbocycles. The van der Waals surface area contributed by atoms with E-state index < -0.39 is 11.9 Å². The number of rotatable bonds is 7. The number of anilines is 1. The number of imide groups is 1. The Morgan fingerprint density at radius 3 is 2.27 bits per heavy atom. The minimum atomic E-state index is -0.877. The number of carbonyl (C=O) groups is 3. The lowest BCUT2D eigenvalue weighted by Crippen LogP contribution is -2.45. The number of hydrogen-bond donors (Lipinski definition) is 0. The summed E-state index contributed by atoms with van der Waals surface area (Å²) in [5.74, 6) is -0.347. The van der Waals surface area contributed by atoms with Crippen molar-refractivity contribution in [3.8, 4) is 5.75 Å². The molecule has 168 valence electrons. The fourth-order valence-electron chi connectivity index (χ4n) is 3.95. The van der Waals surface area contributed by atoms with E-state index in [1.165, 1.54) is 9.80 Å². The largest absolute Gasteiger partial charge is 0.494 e. The monoisotopic (exact) mass is 442 g/mol. The van der Waals surface area contributed by atoms with E-state index in [9.17, 15) is 14.4 Å². The first-order valence-corrected chi connectivity index (χ1v) is 11.0. The summed E-state index contributed by atoms with van der Waals surface area (Å²) in [7, 11) is 0. The molecule has 3 aromatic rings. The van der Waals surface area contributed by atoms with Crippen LogP contribution in [0.25, 0.3) is 0 Å². The van der Waals surface area contributed by atoms with Gasteiger partial charge >= 0.3 is 0 Å². The second-order valence-corrected chi connectivity index (χ2v) is 8.00. The number of carbonyl (C=O) groups excluding carboxylic acids is 3. The van der Waals surface area contributed by atoms with Crippen molar-refractivity contribution in [2.24, 2.45) is 0 Å². The van der Waals surface area contributed by atoms with Gasteiger partial charge in [0.1, 0.15) is 11.8 Å². The molecule has 33 heavy (non-hydrogen) atoms. The Morgan fingerprint density at radius 1 is 0.970 bits per heavy atom. The average molecular weight is 443 g/mol. The van der Waals surface area contributed by atoms with E-state index in [2.05, 4.69) is 0 Å². The highest BCUT2D eigenvalue weighted by Crippen LogP contribution is 2.29. The van der Waals surface area contributed by atoms with Gasteiger partial charge < -0.3 is 9.64 Å². The highest BCUT2D eigenvalue weighted by molar-refractivity contribution is 6.23. The van der Waals surface area contributed by atoms with Gasteiger partial charge in [0.05, 0.1) is 18.7 Å². The van der Waals surface area contributed by atoms with E-state index in [0.29, 0.717) is 23.6 Å². The molecule has 1 heterocycles.